The fraction of sp³-hybridized carbons (Fsp3) is 0.421. The molecular weight excluding hydrogens is 339 g/mol. The summed E-state index contributed by atoms with van der Waals surface area (Å²) in [5.74, 6) is 0.566. The number of amides is 2. The highest BCUT2D eigenvalue weighted by atomic mass is 19.1. The molecule has 0 saturated heterocycles. The Morgan fingerprint density at radius 2 is 1.85 bits per heavy atom. The summed E-state index contributed by atoms with van der Waals surface area (Å²) in [4.78, 5) is 35.9. The van der Waals surface area contributed by atoms with Gasteiger partial charge in [0, 0.05) is 19.8 Å². The summed E-state index contributed by atoms with van der Waals surface area (Å²) in [5, 5.41) is 5.14. The van der Waals surface area contributed by atoms with E-state index in [1.165, 1.54) is 38.3 Å². The predicted molar refractivity (Wildman–Crippen MR) is 94.3 cm³/mol. The van der Waals surface area contributed by atoms with Crippen LogP contribution in [0.5, 0.6) is 0 Å². The molecule has 0 aliphatic rings. The molecule has 2 atom stereocenters. The Kier molecular flexibility index (Phi) is 8.85. The Labute approximate surface area is 152 Å². The molecule has 0 saturated carbocycles. The van der Waals surface area contributed by atoms with Gasteiger partial charge in [-0.05, 0) is 30.5 Å². The maximum Gasteiger partial charge on any atom is 0.328 e. The Hall–Kier alpha value is -2.88. The third-order valence-corrected chi connectivity index (χ3v) is 3.66. The van der Waals surface area contributed by atoms with Gasteiger partial charge in [0.25, 0.3) is 0 Å². The van der Waals surface area contributed by atoms with E-state index >= 15 is 0 Å². The zero-order chi connectivity index (χ0) is 19.5. The number of terminal acetylenes is 1. The molecule has 140 valence electrons. The second-order valence-corrected chi connectivity index (χ2v) is 5.76. The van der Waals surface area contributed by atoms with E-state index in [0.717, 1.165) is 0 Å². The first-order chi connectivity index (χ1) is 12.4. The van der Waals surface area contributed by atoms with Gasteiger partial charge in [0.1, 0.15) is 17.9 Å². The summed E-state index contributed by atoms with van der Waals surface area (Å²) >= 11 is 0. The van der Waals surface area contributed by atoms with E-state index in [0.29, 0.717) is 24.8 Å². The number of methoxy groups -OCH3 is 1. The Morgan fingerprint density at radius 1 is 1.19 bits per heavy atom. The Morgan fingerprint density at radius 3 is 2.38 bits per heavy atom. The molecule has 2 amide bonds. The van der Waals surface area contributed by atoms with Crippen LogP contribution in [0.2, 0.25) is 0 Å². The molecule has 0 spiro atoms. The predicted octanol–water partition coefficient (Wildman–Crippen LogP) is 1.33. The van der Waals surface area contributed by atoms with E-state index in [1.807, 2.05) is 0 Å². The molecule has 0 unspecified atom stereocenters. The fourth-order valence-corrected chi connectivity index (χ4v) is 2.38. The molecule has 0 aromatic heterocycles. The van der Waals surface area contributed by atoms with Gasteiger partial charge in [-0.25, -0.2) is 9.18 Å². The van der Waals surface area contributed by atoms with Gasteiger partial charge >= 0.3 is 5.97 Å². The minimum absolute atomic E-state index is 0.157. The number of ether oxygens (including phenoxy) is 1. The average molecular weight is 362 g/mol. The molecule has 1 aromatic rings. The Balaban J connectivity index is 2.84. The number of nitrogens with one attached hydrogen (secondary N) is 2. The normalized spacial score (nSPS) is 12.4. The summed E-state index contributed by atoms with van der Waals surface area (Å²) in [7, 11) is 1.23. The van der Waals surface area contributed by atoms with Crippen molar-refractivity contribution >= 4 is 17.8 Å². The molecule has 6 nitrogen and oxygen atoms in total. The van der Waals surface area contributed by atoms with Crippen molar-refractivity contribution in [2.75, 3.05) is 7.11 Å². The summed E-state index contributed by atoms with van der Waals surface area (Å²) in [6, 6.07) is 3.84. The van der Waals surface area contributed by atoms with Crippen LogP contribution in [0, 0.1) is 18.2 Å². The van der Waals surface area contributed by atoms with Gasteiger partial charge < -0.3 is 15.4 Å². The maximum absolute atomic E-state index is 13.0. The SMILES string of the molecule is C#CCCC[C@@H](NC(=O)[C@@H](Cc1ccc(F)cc1)NC(C)=O)C(=O)OC. The van der Waals surface area contributed by atoms with Crippen molar-refractivity contribution in [3.8, 4) is 12.3 Å². The van der Waals surface area contributed by atoms with Crippen LogP contribution >= 0.6 is 0 Å². The molecule has 1 aromatic carbocycles. The van der Waals surface area contributed by atoms with E-state index < -0.39 is 35.7 Å². The van der Waals surface area contributed by atoms with Crippen LogP contribution in [0.25, 0.3) is 0 Å². The number of carbonyl (C=O) groups excluding carboxylic acids is 3. The highest BCUT2D eigenvalue weighted by molar-refractivity contribution is 5.90. The molecule has 0 aliphatic heterocycles. The quantitative estimate of drug-likeness (QED) is 0.394. The van der Waals surface area contributed by atoms with Crippen molar-refractivity contribution in [3.63, 3.8) is 0 Å². The van der Waals surface area contributed by atoms with Crippen LogP contribution in [-0.2, 0) is 25.5 Å². The van der Waals surface area contributed by atoms with Gasteiger partial charge in [-0.2, -0.15) is 0 Å². The Bertz CT molecular complexity index is 667. The monoisotopic (exact) mass is 362 g/mol. The number of carbonyl (C=O) groups is 3. The number of rotatable bonds is 9. The number of benzene rings is 1. The number of hydrogen-bond donors (Lipinski definition) is 2. The molecule has 0 bridgehead atoms. The lowest BCUT2D eigenvalue weighted by Crippen LogP contribution is -2.52. The number of esters is 1. The number of unbranched alkanes of at least 4 members (excludes halogenated alkanes) is 1. The first-order valence-corrected chi connectivity index (χ1v) is 8.20. The summed E-state index contributed by atoms with van der Waals surface area (Å²) in [5.41, 5.74) is 0.669. The highest BCUT2D eigenvalue weighted by Gasteiger charge is 2.26. The van der Waals surface area contributed by atoms with Gasteiger partial charge in [0.2, 0.25) is 11.8 Å². The second-order valence-electron chi connectivity index (χ2n) is 5.76. The standard InChI is InChI=1S/C19H23FN2O4/c1-4-5-6-7-16(19(25)26-3)22-18(24)17(21-13(2)23)12-14-8-10-15(20)11-9-14/h1,8-11,16-17H,5-7,12H2,2-3H3,(H,21,23)(H,22,24)/t16-,17-/m1/s1. The van der Waals surface area contributed by atoms with Gasteiger partial charge in [-0.15, -0.1) is 12.3 Å². The zero-order valence-corrected chi connectivity index (χ0v) is 14.9. The van der Waals surface area contributed by atoms with E-state index in [-0.39, 0.29) is 6.42 Å². The smallest absolute Gasteiger partial charge is 0.328 e. The number of hydrogen-bond acceptors (Lipinski definition) is 4. The maximum atomic E-state index is 13.0. The van der Waals surface area contributed by atoms with Crippen molar-refractivity contribution in [2.45, 2.75) is 44.7 Å². The molecule has 0 aliphatic carbocycles. The summed E-state index contributed by atoms with van der Waals surface area (Å²) in [6.45, 7) is 1.29. The largest absolute Gasteiger partial charge is 0.467 e. The highest BCUT2D eigenvalue weighted by Crippen LogP contribution is 2.08. The lowest BCUT2D eigenvalue weighted by molar-refractivity contribution is -0.145. The molecule has 0 heterocycles. The lowest BCUT2D eigenvalue weighted by Gasteiger charge is -2.22. The van der Waals surface area contributed by atoms with Crippen LogP contribution < -0.4 is 10.6 Å². The van der Waals surface area contributed by atoms with E-state index in [4.69, 9.17) is 11.2 Å². The average Bonchev–Trinajstić information content (AvgIpc) is 2.61. The minimum Gasteiger partial charge on any atom is -0.467 e. The van der Waals surface area contributed by atoms with Crippen molar-refractivity contribution < 1.29 is 23.5 Å². The van der Waals surface area contributed by atoms with Gasteiger partial charge in [-0.3, -0.25) is 9.59 Å². The van der Waals surface area contributed by atoms with Crippen molar-refractivity contribution in [1.82, 2.24) is 10.6 Å². The molecule has 1 rings (SSSR count). The molecule has 2 N–H and O–H groups in total. The van der Waals surface area contributed by atoms with E-state index in [2.05, 4.69) is 16.6 Å². The van der Waals surface area contributed by atoms with Crippen LogP contribution in [0.15, 0.2) is 24.3 Å². The fourth-order valence-electron chi connectivity index (χ4n) is 2.38. The van der Waals surface area contributed by atoms with Crippen LogP contribution in [0.1, 0.15) is 31.7 Å². The minimum atomic E-state index is -0.905. The first-order valence-electron chi connectivity index (χ1n) is 8.20. The third-order valence-electron chi connectivity index (χ3n) is 3.66. The first kappa shape index (κ1) is 21.2. The molecule has 0 radical (unpaired) electrons. The molecule has 7 heteroatoms. The van der Waals surface area contributed by atoms with Gasteiger partial charge in [0.05, 0.1) is 7.11 Å². The second kappa shape index (κ2) is 10.9. The van der Waals surface area contributed by atoms with Crippen molar-refractivity contribution in [2.24, 2.45) is 0 Å². The number of halogens is 1. The summed E-state index contributed by atoms with van der Waals surface area (Å²) in [6.07, 6.45) is 6.69. The topological polar surface area (TPSA) is 84.5 Å². The van der Waals surface area contributed by atoms with Crippen LogP contribution in [0.3, 0.4) is 0 Å². The van der Waals surface area contributed by atoms with Crippen LogP contribution in [0.4, 0.5) is 4.39 Å². The van der Waals surface area contributed by atoms with Crippen LogP contribution in [-0.4, -0.2) is 37.0 Å². The van der Waals surface area contributed by atoms with Crippen molar-refractivity contribution in [3.05, 3.63) is 35.6 Å². The summed E-state index contributed by atoms with van der Waals surface area (Å²) < 4.78 is 17.7. The lowest BCUT2D eigenvalue weighted by atomic mass is 10.0. The molecule has 0 fully saturated rings. The molecule has 26 heavy (non-hydrogen) atoms. The van der Waals surface area contributed by atoms with Crippen molar-refractivity contribution in [1.29, 1.82) is 0 Å². The zero-order valence-electron chi connectivity index (χ0n) is 14.9. The van der Waals surface area contributed by atoms with Gasteiger partial charge in [-0.1, -0.05) is 12.1 Å². The molecular formula is C19H23FN2O4. The van der Waals surface area contributed by atoms with E-state index in [9.17, 15) is 18.8 Å². The van der Waals surface area contributed by atoms with Gasteiger partial charge in [0.15, 0.2) is 0 Å². The third kappa shape index (κ3) is 7.34. The van der Waals surface area contributed by atoms with E-state index in [1.54, 1.807) is 0 Å².